The molecular weight excluding hydrogens is 541 g/mol. The van der Waals surface area contributed by atoms with Gasteiger partial charge in [-0.1, -0.05) is 42.6 Å². The number of methoxy groups -OCH3 is 1. The number of ether oxygens (including phenoxy) is 1. The van der Waals surface area contributed by atoms with E-state index in [-0.39, 0.29) is 24.5 Å². The molecule has 1 heterocycles. The molecule has 1 aliphatic heterocycles. The number of nitrogens with one attached hydrogen (secondary N) is 3. The molecule has 0 radical (unpaired) electrons. The number of imide groups is 1. The Bertz CT molecular complexity index is 1100. The predicted molar refractivity (Wildman–Crippen MR) is 138 cm³/mol. The SMILES string of the molecule is CCCC(NC(=O)C1CN(Cc2ccc(Cl)c(Cl)c2)C(=O)N1C(=O)C(C)NC)C(=O)C(=O)NCC(=O)OC. The normalized spacial score (nSPS) is 16.6. The maximum absolute atomic E-state index is 13.3. The van der Waals surface area contributed by atoms with E-state index in [9.17, 15) is 28.8 Å². The summed E-state index contributed by atoms with van der Waals surface area (Å²) in [6, 6.07) is 0.841. The van der Waals surface area contributed by atoms with Gasteiger partial charge in [0, 0.05) is 6.54 Å². The zero-order valence-electron chi connectivity index (χ0n) is 21.5. The number of hydrogen-bond donors (Lipinski definition) is 3. The lowest BCUT2D eigenvalue weighted by Gasteiger charge is -2.25. The zero-order valence-corrected chi connectivity index (χ0v) is 23.0. The van der Waals surface area contributed by atoms with Crippen LogP contribution in [0.25, 0.3) is 0 Å². The Hall–Kier alpha value is -3.22. The second-order valence-electron chi connectivity index (χ2n) is 8.62. The van der Waals surface area contributed by atoms with Crippen LogP contribution in [0.15, 0.2) is 18.2 Å². The highest BCUT2D eigenvalue weighted by Crippen LogP contribution is 2.26. The van der Waals surface area contributed by atoms with Gasteiger partial charge in [0.15, 0.2) is 0 Å². The predicted octanol–water partition coefficient (Wildman–Crippen LogP) is 0.877. The highest BCUT2D eigenvalue weighted by atomic mass is 35.5. The smallest absolute Gasteiger partial charge is 0.327 e. The molecule has 3 atom stereocenters. The fourth-order valence-corrected chi connectivity index (χ4v) is 4.04. The molecule has 0 saturated carbocycles. The van der Waals surface area contributed by atoms with Gasteiger partial charge in [-0.3, -0.25) is 24.0 Å². The molecule has 0 spiro atoms. The Morgan fingerprint density at radius 3 is 2.42 bits per heavy atom. The summed E-state index contributed by atoms with van der Waals surface area (Å²) in [5, 5.41) is 8.03. The summed E-state index contributed by atoms with van der Waals surface area (Å²) < 4.78 is 4.43. The third kappa shape index (κ3) is 7.65. The van der Waals surface area contributed by atoms with Crippen molar-refractivity contribution in [3.63, 3.8) is 0 Å². The van der Waals surface area contributed by atoms with E-state index in [1.54, 1.807) is 32.0 Å². The molecule has 208 valence electrons. The second-order valence-corrected chi connectivity index (χ2v) is 9.43. The Labute approximate surface area is 230 Å². The number of esters is 1. The third-order valence-electron chi connectivity index (χ3n) is 5.94. The van der Waals surface area contributed by atoms with Crippen molar-refractivity contribution in [3.8, 4) is 0 Å². The van der Waals surface area contributed by atoms with Crippen LogP contribution in [0, 0.1) is 0 Å². The van der Waals surface area contributed by atoms with Crippen molar-refractivity contribution in [3.05, 3.63) is 33.8 Å². The fraction of sp³-hybridized carbons (Fsp3) is 0.500. The molecule has 14 heteroatoms. The molecule has 1 saturated heterocycles. The van der Waals surface area contributed by atoms with Crippen LogP contribution >= 0.6 is 23.2 Å². The molecule has 3 N–H and O–H groups in total. The number of hydrogen-bond acceptors (Lipinski definition) is 8. The van der Waals surface area contributed by atoms with E-state index >= 15 is 0 Å². The first-order valence-corrected chi connectivity index (χ1v) is 12.6. The maximum Gasteiger partial charge on any atom is 0.327 e. The summed E-state index contributed by atoms with van der Waals surface area (Å²) in [4.78, 5) is 78.1. The van der Waals surface area contributed by atoms with E-state index in [0.717, 1.165) is 12.0 Å². The Morgan fingerprint density at radius 1 is 1.16 bits per heavy atom. The number of nitrogens with zero attached hydrogens (tertiary/aromatic N) is 2. The molecule has 0 aromatic heterocycles. The van der Waals surface area contributed by atoms with E-state index in [4.69, 9.17) is 23.2 Å². The molecule has 2 rings (SSSR count). The van der Waals surface area contributed by atoms with Crippen LogP contribution in [-0.4, -0.2) is 90.7 Å². The first-order valence-electron chi connectivity index (χ1n) is 11.9. The van der Waals surface area contributed by atoms with Gasteiger partial charge in [-0.05, 0) is 38.1 Å². The lowest BCUT2D eigenvalue weighted by molar-refractivity contribution is -0.144. The molecule has 3 unspecified atom stereocenters. The number of carbonyl (C=O) groups is 6. The number of Topliss-reactive ketones (excluding diaryl/α,β-unsaturated/α-hetero) is 1. The van der Waals surface area contributed by atoms with Gasteiger partial charge in [0.1, 0.15) is 12.6 Å². The van der Waals surface area contributed by atoms with Gasteiger partial charge in [-0.2, -0.15) is 0 Å². The fourth-order valence-electron chi connectivity index (χ4n) is 3.72. The number of likely N-dealkylation sites (N-methyl/N-ethyl adjacent to an activating group) is 1. The first-order chi connectivity index (χ1) is 17.9. The summed E-state index contributed by atoms with van der Waals surface area (Å²) in [5.74, 6) is -4.21. The van der Waals surface area contributed by atoms with Crippen molar-refractivity contribution in [2.45, 2.75) is 51.4 Å². The van der Waals surface area contributed by atoms with Gasteiger partial charge in [0.05, 0.1) is 35.8 Å². The summed E-state index contributed by atoms with van der Waals surface area (Å²) in [7, 11) is 2.67. The van der Waals surface area contributed by atoms with Crippen LogP contribution in [0.3, 0.4) is 0 Å². The monoisotopic (exact) mass is 571 g/mol. The molecule has 38 heavy (non-hydrogen) atoms. The standard InChI is InChI=1S/C24H31Cl2N5O7/c1-5-6-17(20(33)22(35)28-10-19(32)38-4)29-21(34)18-12-30(11-14-7-8-15(25)16(26)9-14)24(37)31(18)23(36)13(2)27-3/h7-9,13,17-18,27H,5-6,10-12H2,1-4H3,(H,28,35)(H,29,34). The summed E-state index contributed by atoms with van der Waals surface area (Å²) in [5.41, 5.74) is 0.629. The van der Waals surface area contributed by atoms with E-state index in [1.165, 1.54) is 11.9 Å². The molecule has 5 amide bonds. The van der Waals surface area contributed by atoms with Crippen LogP contribution in [0.1, 0.15) is 32.3 Å². The quantitative estimate of drug-likeness (QED) is 0.246. The van der Waals surface area contributed by atoms with Gasteiger partial charge < -0.3 is 25.6 Å². The average molecular weight is 572 g/mol. The number of halogens is 2. The van der Waals surface area contributed by atoms with Crippen molar-refractivity contribution < 1.29 is 33.5 Å². The lowest BCUT2D eigenvalue weighted by atomic mass is 10.1. The first kappa shape index (κ1) is 31.0. The third-order valence-corrected chi connectivity index (χ3v) is 6.68. The van der Waals surface area contributed by atoms with Crippen molar-refractivity contribution >= 4 is 58.7 Å². The Kier molecular flexibility index (Phi) is 11.5. The minimum atomic E-state index is -1.26. The van der Waals surface area contributed by atoms with Crippen molar-refractivity contribution in [1.29, 1.82) is 0 Å². The number of carbonyl (C=O) groups excluding carboxylic acids is 6. The number of ketones is 1. The van der Waals surface area contributed by atoms with Crippen LogP contribution in [0.4, 0.5) is 4.79 Å². The van der Waals surface area contributed by atoms with Crippen LogP contribution in [0.2, 0.25) is 10.0 Å². The van der Waals surface area contributed by atoms with Gasteiger partial charge >= 0.3 is 12.0 Å². The molecule has 0 aliphatic carbocycles. The van der Waals surface area contributed by atoms with Crippen LogP contribution < -0.4 is 16.0 Å². The van der Waals surface area contributed by atoms with Gasteiger partial charge in [0.25, 0.3) is 5.91 Å². The molecule has 12 nitrogen and oxygen atoms in total. The summed E-state index contributed by atoms with van der Waals surface area (Å²) in [6.45, 7) is 2.67. The van der Waals surface area contributed by atoms with Gasteiger partial charge in [-0.25, -0.2) is 9.69 Å². The zero-order chi connectivity index (χ0) is 28.6. The van der Waals surface area contributed by atoms with Crippen LogP contribution in [0.5, 0.6) is 0 Å². The topological polar surface area (TPSA) is 154 Å². The highest BCUT2D eigenvalue weighted by molar-refractivity contribution is 6.42. The van der Waals surface area contributed by atoms with E-state index in [0.29, 0.717) is 17.0 Å². The van der Waals surface area contributed by atoms with Gasteiger partial charge in [0.2, 0.25) is 17.6 Å². The van der Waals surface area contributed by atoms with Crippen molar-refractivity contribution in [2.24, 2.45) is 0 Å². The van der Waals surface area contributed by atoms with E-state index in [2.05, 4.69) is 20.7 Å². The molecule has 1 aromatic rings. The van der Waals surface area contributed by atoms with Crippen molar-refractivity contribution in [2.75, 3.05) is 27.2 Å². The average Bonchev–Trinajstić information content (AvgIpc) is 3.22. The largest absolute Gasteiger partial charge is 0.468 e. The second kappa shape index (κ2) is 14.1. The van der Waals surface area contributed by atoms with Crippen molar-refractivity contribution in [1.82, 2.24) is 25.8 Å². The summed E-state index contributed by atoms with van der Waals surface area (Å²) in [6.07, 6.45) is 0.554. The molecule has 0 bridgehead atoms. The highest BCUT2D eigenvalue weighted by Gasteiger charge is 2.46. The van der Waals surface area contributed by atoms with Crippen LogP contribution in [-0.2, 0) is 35.3 Å². The Morgan fingerprint density at radius 2 is 1.84 bits per heavy atom. The number of rotatable bonds is 12. The minimum absolute atomic E-state index is 0.0461. The maximum atomic E-state index is 13.3. The Balaban J connectivity index is 2.26. The lowest BCUT2D eigenvalue weighted by Crippen LogP contribution is -2.56. The van der Waals surface area contributed by atoms with E-state index in [1.807, 2.05) is 0 Å². The molecule has 1 fully saturated rings. The molecule has 1 aromatic carbocycles. The number of urea groups is 1. The summed E-state index contributed by atoms with van der Waals surface area (Å²) >= 11 is 12.0. The molecular formula is C24H31Cl2N5O7. The minimum Gasteiger partial charge on any atom is -0.468 e. The number of benzene rings is 1. The van der Waals surface area contributed by atoms with Gasteiger partial charge in [-0.15, -0.1) is 0 Å². The van der Waals surface area contributed by atoms with E-state index < -0.39 is 60.2 Å². The number of amides is 5. The molecule has 1 aliphatic rings.